The molecule has 2 aliphatic rings. The predicted octanol–water partition coefficient (Wildman–Crippen LogP) is 2.92. The highest BCUT2D eigenvalue weighted by molar-refractivity contribution is 5.98. The maximum atomic E-state index is 14.0. The van der Waals surface area contributed by atoms with Crippen molar-refractivity contribution in [3.05, 3.63) is 95.8 Å². The summed E-state index contributed by atoms with van der Waals surface area (Å²) in [5, 5.41) is 20.9. The van der Waals surface area contributed by atoms with Gasteiger partial charge in [0, 0.05) is 30.9 Å². The van der Waals surface area contributed by atoms with Crippen LogP contribution < -0.4 is 10.2 Å². The van der Waals surface area contributed by atoms with Crippen molar-refractivity contribution in [2.45, 2.75) is 36.5 Å². The molecule has 2 saturated heterocycles. The van der Waals surface area contributed by atoms with Gasteiger partial charge in [-0.2, -0.15) is 0 Å². The van der Waals surface area contributed by atoms with Crippen LogP contribution in [-0.2, 0) is 15.6 Å². The molecular formula is C32H35FN8O4. The zero-order valence-electron chi connectivity index (χ0n) is 25.0. The molecular weight excluding hydrogens is 579 g/mol. The van der Waals surface area contributed by atoms with Gasteiger partial charge in [0.05, 0.1) is 23.8 Å². The number of halogens is 1. The molecule has 12 nitrogen and oxygen atoms in total. The third kappa shape index (κ3) is 5.88. The summed E-state index contributed by atoms with van der Waals surface area (Å²) < 4.78 is 21.0. The molecule has 234 valence electrons. The summed E-state index contributed by atoms with van der Waals surface area (Å²) >= 11 is 0. The molecule has 2 aliphatic heterocycles. The molecule has 0 radical (unpaired) electrons. The van der Waals surface area contributed by atoms with Crippen LogP contribution in [0.5, 0.6) is 5.75 Å². The molecule has 1 unspecified atom stereocenters. The van der Waals surface area contributed by atoms with Crippen LogP contribution in [0, 0.1) is 5.82 Å². The zero-order valence-corrected chi connectivity index (χ0v) is 25.0. The maximum absolute atomic E-state index is 14.0. The fourth-order valence-electron chi connectivity index (χ4n) is 6.84. The lowest BCUT2D eigenvalue weighted by molar-refractivity contribution is -0.137. The molecule has 2 aromatic heterocycles. The number of pyridine rings is 1. The number of hydroxylamine groups is 1. The van der Waals surface area contributed by atoms with Crippen LogP contribution in [-0.4, -0.2) is 91.8 Å². The first-order valence-electron chi connectivity index (χ1n) is 14.9. The van der Waals surface area contributed by atoms with Gasteiger partial charge in [0.15, 0.2) is 0 Å². The number of tetrazole rings is 1. The normalized spacial score (nSPS) is 19.8. The average Bonchev–Trinajstić information content (AvgIpc) is 3.79. The van der Waals surface area contributed by atoms with Crippen LogP contribution in [0.4, 0.5) is 4.39 Å². The van der Waals surface area contributed by atoms with E-state index in [1.165, 1.54) is 30.3 Å². The zero-order chi connectivity index (χ0) is 31.4. The van der Waals surface area contributed by atoms with Crippen LogP contribution in [0.1, 0.15) is 47.2 Å². The molecule has 0 aliphatic carbocycles. The van der Waals surface area contributed by atoms with Crippen molar-refractivity contribution in [3.8, 4) is 11.4 Å². The summed E-state index contributed by atoms with van der Waals surface area (Å²) in [5.74, 6) is -0.440. The van der Waals surface area contributed by atoms with E-state index in [1.54, 1.807) is 30.6 Å². The Bertz CT molecular complexity index is 1630. The van der Waals surface area contributed by atoms with Crippen LogP contribution >= 0.6 is 0 Å². The number of aromatic nitrogens is 5. The average molecular weight is 615 g/mol. The summed E-state index contributed by atoms with van der Waals surface area (Å²) in [6, 6.07) is 15.5. The van der Waals surface area contributed by atoms with Crippen LogP contribution in [0.2, 0.25) is 0 Å². The number of ether oxygens (including phenoxy) is 1. The Kier molecular flexibility index (Phi) is 8.55. The number of amides is 2. The Morgan fingerprint density at radius 1 is 1.00 bits per heavy atom. The SMILES string of the molecule is COc1ccc(-n2cnnn2)cc1C(=O)N1CCC(CCN2CCC(C(=O)NO)(c3ccncc3)CC2)(c2ccc(F)cc2)C1. The summed E-state index contributed by atoms with van der Waals surface area (Å²) in [7, 11) is 1.53. The second kappa shape index (κ2) is 12.7. The Labute approximate surface area is 259 Å². The molecule has 45 heavy (non-hydrogen) atoms. The molecule has 2 N–H and O–H groups in total. The number of carbonyl (C=O) groups is 2. The molecule has 13 heteroatoms. The lowest BCUT2D eigenvalue weighted by Crippen LogP contribution is -2.51. The van der Waals surface area contributed by atoms with Gasteiger partial charge in [-0.15, -0.1) is 5.10 Å². The van der Waals surface area contributed by atoms with E-state index in [4.69, 9.17) is 4.74 Å². The Hall–Kier alpha value is -4.75. The minimum Gasteiger partial charge on any atom is -0.496 e. The molecule has 0 saturated carbocycles. The number of carbonyl (C=O) groups excluding carboxylic acids is 2. The van der Waals surface area contributed by atoms with E-state index >= 15 is 0 Å². The minimum absolute atomic E-state index is 0.166. The molecule has 0 bridgehead atoms. The molecule has 4 heterocycles. The van der Waals surface area contributed by atoms with Gasteiger partial charge in [-0.25, -0.2) is 14.6 Å². The van der Waals surface area contributed by atoms with Gasteiger partial charge in [0.25, 0.3) is 11.8 Å². The topological polar surface area (TPSA) is 139 Å². The van der Waals surface area contributed by atoms with E-state index in [1.807, 2.05) is 34.6 Å². The van der Waals surface area contributed by atoms with Crippen LogP contribution in [0.15, 0.2) is 73.3 Å². The fraction of sp³-hybridized carbons (Fsp3) is 0.375. The maximum Gasteiger partial charge on any atom is 0.257 e. The van der Waals surface area contributed by atoms with E-state index < -0.39 is 16.7 Å². The van der Waals surface area contributed by atoms with Gasteiger partial charge < -0.3 is 14.5 Å². The summed E-state index contributed by atoms with van der Waals surface area (Å²) in [6.45, 7) is 3.01. The number of benzene rings is 2. The summed E-state index contributed by atoms with van der Waals surface area (Å²) in [6.07, 6.45) is 7.30. The van der Waals surface area contributed by atoms with Crippen molar-refractivity contribution in [1.29, 1.82) is 0 Å². The molecule has 1 atom stereocenters. The number of methoxy groups -OCH3 is 1. The van der Waals surface area contributed by atoms with Gasteiger partial charge in [-0.1, -0.05) is 12.1 Å². The quantitative estimate of drug-likeness (QED) is 0.215. The van der Waals surface area contributed by atoms with Gasteiger partial charge in [-0.3, -0.25) is 19.8 Å². The van der Waals surface area contributed by atoms with E-state index in [9.17, 15) is 19.2 Å². The highest BCUT2D eigenvalue weighted by atomic mass is 19.1. The lowest BCUT2D eigenvalue weighted by atomic mass is 9.72. The standard InChI is InChI=1S/C32H35FN8O4/c1-45-28-7-6-26(41-22-35-37-38-41)20-27(28)29(42)40-19-11-31(21-40,23-2-4-25(33)5-3-23)10-16-39-17-12-32(13-18-39,30(43)36-44)24-8-14-34-15-9-24/h2-9,14-15,20,22,44H,10-13,16-19,21H2,1H3,(H,36,43). The smallest absolute Gasteiger partial charge is 0.257 e. The molecule has 4 aromatic rings. The van der Waals surface area contributed by atoms with E-state index in [-0.39, 0.29) is 11.7 Å². The monoisotopic (exact) mass is 614 g/mol. The Morgan fingerprint density at radius 3 is 2.42 bits per heavy atom. The van der Waals surface area contributed by atoms with Crippen molar-refractivity contribution < 1.29 is 23.9 Å². The summed E-state index contributed by atoms with van der Waals surface area (Å²) in [5.41, 5.74) is 3.50. The molecule has 2 fully saturated rings. The minimum atomic E-state index is -0.838. The van der Waals surface area contributed by atoms with E-state index in [0.717, 1.165) is 24.1 Å². The van der Waals surface area contributed by atoms with Crippen LogP contribution in [0.25, 0.3) is 5.69 Å². The van der Waals surface area contributed by atoms with E-state index in [2.05, 4.69) is 25.4 Å². The van der Waals surface area contributed by atoms with Gasteiger partial charge in [0.1, 0.15) is 17.9 Å². The second-order valence-corrected chi connectivity index (χ2v) is 11.8. The van der Waals surface area contributed by atoms with Crippen molar-refractivity contribution in [1.82, 2.24) is 40.5 Å². The van der Waals surface area contributed by atoms with E-state index in [0.29, 0.717) is 62.4 Å². The number of hydrogen-bond acceptors (Lipinski definition) is 9. The summed E-state index contributed by atoms with van der Waals surface area (Å²) in [4.78, 5) is 35.1. The van der Waals surface area contributed by atoms with Crippen molar-refractivity contribution >= 4 is 11.8 Å². The lowest BCUT2D eigenvalue weighted by Gasteiger charge is -2.41. The Balaban J connectivity index is 1.21. The first kappa shape index (κ1) is 30.3. The predicted molar refractivity (Wildman–Crippen MR) is 160 cm³/mol. The van der Waals surface area contributed by atoms with Crippen molar-refractivity contribution in [3.63, 3.8) is 0 Å². The number of nitrogens with zero attached hydrogens (tertiary/aromatic N) is 7. The van der Waals surface area contributed by atoms with Crippen molar-refractivity contribution in [2.24, 2.45) is 0 Å². The Morgan fingerprint density at radius 2 is 1.76 bits per heavy atom. The number of piperidine rings is 1. The largest absolute Gasteiger partial charge is 0.496 e. The molecule has 6 rings (SSSR count). The third-order valence-electron chi connectivity index (χ3n) is 9.51. The number of hydrogen-bond donors (Lipinski definition) is 2. The second-order valence-electron chi connectivity index (χ2n) is 11.8. The number of nitrogens with one attached hydrogen (secondary N) is 1. The number of likely N-dealkylation sites (tertiary alicyclic amines) is 2. The highest BCUT2D eigenvalue weighted by Gasteiger charge is 2.45. The van der Waals surface area contributed by atoms with Crippen molar-refractivity contribution in [2.75, 3.05) is 39.8 Å². The third-order valence-corrected chi connectivity index (χ3v) is 9.51. The molecule has 2 aromatic carbocycles. The molecule has 0 spiro atoms. The van der Waals surface area contributed by atoms with Crippen LogP contribution in [0.3, 0.4) is 0 Å². The number of rotatable bonds is 9. The fourth-order valence-corrected chi connectivity index (χ4v) is 6.84. The molecule has 2 amide bonds. The van der Waals surface area contributed by atoms with Gasteiger partial charge in [-0.05, 0) is 109 Å². The first-order valence-corrected chi connectivity index (χ1v) is 14.9. The van der Waals surface area contributed by atoms with Gasteiger partial charge >= 0.3 is 0 Å². The van der Waals surface area contributed by atoms with Gasteiger partial charge in [0.2, 0.25) is 0 Å². The highest BCUT2D eigenvalue weighted by Crippen LogP contribution is 2.41. The first-order chi connectivity index (χ1) is 21.9.